The Hall–Kier alpha value is -3.49. The first-order chi connectivity index (χ1) is 19.5. The van der Waals surface area contributed by atoms with E-state index in [-0.39, 0.29) is 12.5 Å². The predicted octanol–water partition coefficient (Wildman–Crippen LogP) is 6.35. The van der Waals surface area contributed by atoms with Crippen LogP contribution < -0.4 is 4.74 Å². The van der Waals surface area contributed by atoms with Gasteiger partial charge in [0.15, 0.2) is 6.10 Å². The van der Waals surface area contributed by atoms with Crippen molar-refractivity contribution in [1.29, 1.82) is 0 Å². The standard InChI is InChI=1S/C32H39NO6S/c1-2-37-30(31(34)35)25-27-15-17-28(18-16-27)38-23-21-33(20-9-10-24-40-29-13-7-4-8-14-29)32(36)39-22-19-26-11-5-3-6-12-26/h3-8,11-18,30H,2,9-10,19-25H2,1H3,(H,34,35). The summed E-state index contributed by atoms with van der Waals surface area (Å²) in [5, 5.41) is 9.30. The second kappa shape index (κ2) is 18.0. The Kier molecular flexibility index (Phi) is 13.9. The molecule has 0 spiro atoms. The summed E-state index contributed by atoms with van der Waals surface area (Å²) in [4.78, 5) is 27.2. The van der Waals surface area contributed by atoms with Crippen LogP contribution in [0.5, 0.6) is 5.75 Å². The minimum atomic E-state index is -0.975. The topological polar surface area (TPSA) is 85.3 Å². The molecule has 0 fully saturated rings. The molecule has 0 aromatic heterocycles. The SMILES string of the molecule is CCOC(Cc1ccc(OCCN(CCCCSc2ccccc2)C(=O)OCCc2ccccc2)cc1)C(=O)O. The van der Waals surface area contributed by atoms with Crippen molar-refractivity contribution >= 4 is 23.8 Å². The van der Waals surface area contributed by atoms with Crippen LogP contribution in [0.15, 0.2) is 89.8 Å². The van der Waals surface area contributed by atoms with Gasteiger partial charge in [0.2, 0.25) is 0 Å². The molecule has 3 aromatic carbocycles. The normalized spacial score (nSPS) is 11.5. The van der Waals surface area contributed by atoms with Gasteiger partial charge in [-0.05, 0) is 60.9 Å². The lowest BCUT2D eigenvalue weighted by Gasteiger charge is -2.22. The van der Waals surface area contributed by atoms with Gasteiger partial charge in [0.05, 0.1) is 13.2 Å². The molecule has 0 radical (unpaired) electrons. The maximum absolute atomic E-state index is 12.9. The highest BCUT2D eigenvalue weighted by Crippen LogP contribution is 2.19. The monoisotopic (exact) mass is 565 g/mol. The Balaban J connectivity index is 1.46. The van der Waals surface area contributed by atoms with Gasteiger partial charge < -0.3 is 24.2 Å². The third kappa shape index (κ3) is 11.7. The lowest BCUT2D eigenvalue weighted by Crippen LogP contribution is -2.36. The zero-order valence-electron chi connectivity index (χ0n) is 23.1. The van der Waals surface area contributed by atoms with Gasteiger partial charge in [-0.1, -0.05) is 60.7 Å². The van der Waals surface area contributed by atoms with Crippen molar-refractivity contribution in [2.75, 3.05) is 38.7 Å². The van der Waals surface area contributed by atoms with Crippen LogP contribution in [0.3, 0.4) is 0 Å². The molecular formula is C32H39NO6S. The van der Waals surface area contributed by atoms with E-state index >= 15 is 0 Å². The van der Waals surface area contributed by atoms with Crippen molar-refractivity contribution in [3.8, 4) is 5.75 Å². The summed E-state index contributed by atoms with van der Waals surface area (Å²) < 4.78 is 16.8. The molecular weight excluding hydrogens is 526 g/mol. The number of hydrogen-bond acceptors (Lipinski definition) is 6. The highest BCUT2D eigenvalue weighted by molar-refractivity contribution is 7.99. The minimum Gasteiger partial charge on any atom is -0.492 e. The molecule has 0 aliphatic rings. The zero-order chi connectivity index (χ0) is 28.4. The van der Waals surface area contributed by atoms with Crippen LogP contribution in [-0.2, 0) is 27.1 Å². The van der Waals surface area contributed by atoms with E-state index < -0.39 is 12.1 Å². The van der Waals surface area contributed by atoms with Crippen molar-refractivity contribution in [2.45, 2.75) is 43.6 Å². The fourth-order valence-corrected chi connectivity index (χ4v) is 4.96. The van der Waals surface area contributed by atoms with Crippen LogP contribution >= 0.6 is 11.8 Å². The number of carboxylic acid groups (broad SMARTS) is 1. The van der Waals surface area contributed by atoms with Gasteiger partial charge in [0.25, 0.3) is 0 Å². The average Bonchev–Trinajstić information content (AvgIpc) is 2.97. The number of aliphatic carboxylic acids is 1. The molecule has 0 aliphatic heterocycles. The van der Waals surface area contributed by atoms with E-state index in [1.54, 1.807) is 11.8 Å². The molecule has 0 saturated heterocycles. The van der Waals surface area contributed by atoms with Gasteiger partial charge in [-0.25, -0.2) is 9.59 Å². The molecule has 1 atom stereocenters. The van der Waals surface area contributed by atoms with Gasteiger partial charge in [-0.2, -0.15) is 0 Å². The van der Waals surface area contributed by atoms with E-state index in [2.05, 4.69) is 12.1 Å². The maximum Gasteiger partial charge on any atom is 0.409 e. The summed E-state index contributed by atoms with van der Waals surface area (Å²) in [6, 6.07) is 27.6. The molecule has 3 aromatic rings. The summed E-state index contributed by atoms with van der Waals surface area (Å²) in [7, 11) is 0. The van der Waals surface area contributed by atoms with Crippen LogP contribution in [0.1, 0.15) is 30.9 Å². The predicted molar refractivity (Wildman–Crippen MR) is 158 cm³/mol. The van der Waals surface area contributed by atoms with Crippen molar-refractivity contribution in [1.82, 2.24) is 4.90 Å². The smallest absolute Gasteiger partial charge is 0.409 e. The first-order valence-electron chi connectivity index (χ1n) is 13.7. The number of benzene rings is 3. The van der Waals surface area contributed by atoms with E-state index in [1.165, 1.54) is 4.90 Å². The summed E-state index contributed by atoms with van der Waals surface area (Å²) >= 11 is 1.82. The number of thioether (sulfide) groups is 1. The molecule has 3 rings (SSSR count). The molecule has 40 heavy (non-hydrogen) atoms. The van der Waals surface area contributed by atoms with E-state index in [4.69, 9.17) is 14.2 Å². The summed E-state index contributed by atoms with van der Waals surface area (Å²) in [5.74, 6) is 0.663. The number of nitrogens with zero attached hydrogens (tertiary/aromatic N) is 1. The first-order valence-corrected chi connectivity index (χ1v) is 14.7. The molecule has 0 aliphatic carbocycles. The third-order valence-corrected chi connectivity index (χ3v) is 7.27. The molecule has 7 nitrogen and oxygen atoms in total. The molecule has 0 bridgehead atoms. The fraction of sp³-hybridized carbons (Fsp3) is 0.375. The van der Waals surface area contributed by atoms with Crippen molar-refractivity contribution < 1.29 is 28.9 Å². The van der Waals surface area contributed by atoms with Crippen molar-refractivity contribution in [3.05, 3.63) is 96.1 Å². The van der Waals surface area contributed by atoms with Gasteiger partial charge in [-0.3, -0.25) is 0 Å². The second-order valence-electron chi connectivity index (χ2n) is 9.18. The zero-order valence-corrected chi connectivity index (χ0v) is 23.9. The lowest BCUT2D eigenvalue weighted by molar-refractivity contribution is -0.149. The van der Waals surface area contributed by atoms with Crippen LogP contribution in [0.25, 0.3) is 0 Å². The largest absolute Gasteiger partial charge is 0.492 e. The number of carboxylic acids is 1. The number of hydrogen-bond donors (Lipinski definition) is 1. The molecule has 1 amide bonds. The number of ether oxygens (including phenoxy) is 3. The van der Waals surface area contributed by atoms with Crippen molar-refractivity contribution in [2.24, 2.45) is 0 Å². The average molecular weight is 566 g/mol. The number of amides is 1. The second-order valence-corrected chi connectivity index (χ2v) is 10.4. The molecule has 1 unspecified atom stereocenters. The lowest BCUT2D eigenvalue weighted by atomic mass is 10.1. The Morgan fingerprint density at radius 1 is 0.850 bits per heavy atom. The summed E-state index contributed by atoms with van der Waals surface area (Å²) in [5.41, 5.74) is 1.98. The number of carbonyl (C=O) groups excluding carboxylic acids is 1. The highest BCUT2D eigenvalue weighted by atomic mass is 32.2. The molecule has 1 N–H and O–H groups in total. The van der Waals surface area contributed by atoms with Gasteiger partial charge in [0, 0.05) is 30.9 Å². The molecule has 214 valence electrons. The third-order valence-electron chi connectivity index (χ3n) is 6.17. The van der Waals surface area contributed by atoms with Gasteiger partial charge in [-0.15, -0.1) is 11.8 Å². The van der Waals surface area contributed by atoms with Crippen LogP contribution in [0.2, 0.25) is 0 Å². The molecule has 0 heterocycles. The maximum atomic E-state index is 12.9. The number of unbranched alkanes of at least 4 members (excludes halogenated alkanes) is 1. The Labute approximate surface area is 241 Å². The summed E-state index contributed by atoms with van der Waals surface area (Å²) in [6.07, 6.45) is 1.60. The van der Waals surface area contributed by atoms with E-state index in [0.29, 0.717) is 45.1 Å². The Bertz CT molecular complexity index is 1130. The first kappa shape index (κ1) is 31.0. The van der Waals surface area contributed by atoms with Crippen LogP contribution in [-0.4, -0.2) is 66.8 Å². The quantitative estimate of drug-likeness (QED) is 0.142. The Morgan fingerprint density at radius 2 is 1.55 bits per heavy atom. The molecule has 0 saturated carbocycles. The minimum absolute atomic E-state index is 0.286. The van der Waals surface area contributed by atoms with Crippen molar-refractivity contribution in [3.63, 3.8) is 0 Å². The number of carbonyl (C=O) groups is 2. The van der Waals surface area contributed by atoms with Crippen LogP contribution in [0, 0.1) is 0 Å². The number of rotatable bonds is 18. The summed E-state index contributed by atoms with van der Waals surface area (Å²) in [6.45, 7) is 3.76. The van der Waals surface area contributed by atoms with E-state index in [1.807, 2.05) is 84.6 Å². The highest BCUT2D eigenvalue weighted by Gasteiger charge is 2.18. The van der Waals surface area contributed by atoms with Crippen LogP contribution in [0.4, 0.5) is 4.79 Å². The van der Waals surface area contributed by atoms with E-state index in [9.17, 15) is 14.7 Å². The molecule has 8 heteroatoms. The van der Waals surface area contributed by atoms with Gasteiger partial charge in [0.1, 0.15) is 12.4 Å². The van der Waals surface area contributed by atoms with E-state index in [0.717, 1.165) is 29.7 Å². The van der Waals surface area contributed by atoms with Gasteiger partial charge >= 0.3 is 12.1 Å². The fourth-order valence-electron chi connectivity index (χ4n) is 4.03. The Morgan fingerprint density at radius 3 is 2.23 bits per heavy atom.